The second kappa shape index (κ2) is 9.26. The van der Waals surface area contributed by atoms with Crippen molar-refractivity contribution in [3.8, 4) is 11.5 Å². The van der Waals surface area contributed by atoms with E-state index in [9.17, 15) is 22.8 Å². The highest BCUT2D eigenvalue weighted by atomic mass is 32.2. The number of carbonyl (C=O) groups is 1. The van der Waals surface area contributed by atoms with E-state index in [1.165, 1.54) is 30.5 Å². The van der Waals surface area contributed by atoms with Crippen molar-refractivity contribution in [3.63, 3.8) is 0 Å². The first-order valence-corrected chi connectivity index (χ1v) is 11.1. The third-order valence-corrected chi connectivity index (χ3v) is 5.63. The van der Waals surface area contributed by atoms with E-state index < -0.39 is 17.2 Å². The second-order valence-electron chi connectivity index (χ2n) is 7.38. The Kier molecular flexibility index (Phi) is 5.98. The fraction of sp³-hybridized carbons (Fsp3) is 0.0435. The van der Waals surface area contributed by atoms with Gasteiger partial charge in [0.2, 0.25) is 0 Å². The number of ether oxygens (including phenoxy) is 1. The lowest BCUT2D eigenvalue weighted by atomic mass is 10.1. The average molecular weight is 512 g/mol. The summed E-state index contributed by atoms with van der Waals surface area (Å²) in [5.41, 5.74) is -3.16. The van der Waals surface area contributed by atoms with Crippen LogP contribution in [0.5, 0.6) is 11.5 Å². The van der Waals surface area contributed by atoms with Crippen LogP contribution in [0.2, 0.25) is 0 Å². The van der Waals surface area contributed by atoms with Gasteiger partial charge in [-0.3, -0.25) is 9.97 Å². The predicted octanol–water partition coefficient (Wildman–Crippen LogP) is 5.85. The number of nitrogens with one attached hydrogen (secondary N) is 4. The molecule has 0 unspecified atom stereocenters. The van der Waals surface area contributed by atoms with E-state index in [4.69, 9.17) is 4.74 Å². The van der Waals surface area contributed by atoms with Crippen LogP contribution in [-0.2, 0) is 0 Å². The number of H-pyrrole nitrogens is 2. The number of rotatable bonds is 5. The Labute approximate surface area is 204 Å². The number of hydrogen-bond donors (Lipinski definition) is 4. The second-order valence-corrected chi connectivity index (χ2v) is 8.52. The Morgan fingerprint density at radius 3 is 2.64 bits per heavy atom. The zero-order valence-corrected chi connectivity index (χ0v) is 18.8. The van der Waals surface area contributed by atoms with Crippen LogP contribution in [0.4, 0.5) is 29.3 Å². The van der Waals surface area contributed by atoms with Gasteiger partial charge in [-0.15, -0.1) is 0 Å². The third-order valence-electron chi connectivity index (χ3n) is 4.91. The standard InChI is InChI=1S/C23H15F3N6O3S/c24-23(25,26)36-13-4-1-3-12(11-13)29-21(33)30-15-6-7-16(14-5-2-9-27-18(14)15)35-17-8-10-28-20-19(17)31-22(34)32-20/h1-11H,(H2,29,30,33)(H2,28,31,32,34). The molecule has 182 valence electrons. The lowest BCUT2D eigenvalue weighted by molar-refractivity contribution is -0.0328. The highest BCUT2D eigenvalue weighted by molar-refractivity contribution is 8.00. The maximum Gasteiger partial charge on any atom is 0.446 e. The molecule has 3 aromatic heterocycles. The zero-order valence-electron chi connectivity index (χ0n) is 18.0. The van der Waals surface area contributed by atoms with Gasteiger partial charge in [0.1, 0.15) is 11.3 Å². The monoisotopic (exact) mass is 512 g/mol. The molecule has 13 heteroatoms. The molecule has 5 rings (SSSR count). The number of hydrogen-bond acceptors (Lipinski definition) is 6. The Morgan fingerprint density at radius 1 is 0.944 bits per heavy atom. The molecule has 0 aliphatic heterocycles. The predicted molar refractivity (Wildman–Crippen MR) is 130 cm³/mol. The summed E-state index contributed by atoms with van der Waals surface area (Å²) in [5.74, 6) is 0.772. The highest BCUT2D eigenvalue weighted by Crippen LogP contribution is 2.38. The number of fused-ring (bicyclic) bond motifs is 2. The number of amides is 2. The molecule has 4 N–H and O–H groups in total. The molecule has 36 heavy (non-hydrogen) atoms. The van der Waals surface area contributed by atoms with E-state index in [2.05, 4.69) is 30.6 Å². The molecule has 0 saturated carbocycles. The largest absolute Gasteiger partial charge is 0.454 e. The maximum absolute atomic E-state index is 12.6. The first kappa shape index (κ1) is 23.2. The van der Waals surface area contributed by atoms with Crippen molar-refractivity contribution in [2.45, 2.75) is 10.4 Å². The van der Waals surface area contributed by atoms with E-state index in [1.807, 2.05) is 0 Å². The molecule has 2 aromatic carbocycles. The topological polar surface area (TPSA) is 125 Å². The summed E-state index contributed by atoms with van der Waals surface area (Å²) in [6, 6.07) is 13.0. The maximum atomic E-state index is 12.6. The van der Waals surface area contributed by atoms with Crippen LogP contribution in [0.15, 0.2) is 76.7 Å². The van der Waals surface area contributed by atoms with E-state index in [0.717, 1.165) is 0 Å². The Hall–Kier alpha value is -4.52. The van der Waals surface area contributed by atoms with Crippen molar-refractivity contribution in [2.24, 2.45) is 0 Å². The van der Waals surface area contributed by atoms with E-state index >= 15 is 0 Å². The number of aromatic amines is 2. The van der Waals surface area contributed by atoms with Gasteiger partial charge in [0, 0.05) is 34.4 Å². The van der Waals surface area contributed by atoms with Gasteiger partial charge in [0.15, 0.2) is 11.4 Å². The smallest absolute Gasteiger partial charge is 0.446 e. The van der Waals surface area contributed by atoms with Crippen molar-refractivity contribution in [1.82, 2.24) is 19.9 Å². The highest BCUT2D eigenvalue weighted by Gasteiger charge is 2.29. The molecule has 0 bridgehead atoms. The summed E-state index contributed by atoms with van der Waals surface area (Å²) in [5, 5.41) is 5.76. The van der Waals surface area contributed by atoms with E-state index in [0.29, 0.717) is 39.3 Å². The lowest BCUT2D eigenvalue weighted by Gasteiger charge is -2.13. The van der Waals surface area contributed by atoms with Gasteiger partial charge in [-0.1, -0.05) is 6.07 Å². The van der Waals surface area contributed by atoms with Crippen LogP contribution < -0.4 is 21.1 Å². The number of benzene rings is 2. The fourth-order valence-electron chi connectivity index (χ4n) is 3.51. The van der Waals surface area contributed by atoms with Gasteiger partial charge in [-0.05, 0) is 54.2 Å². The summed E-state index contributed by atoms with van der Waals surface area (Å²) in [7, 11) is 0. The Morgan fingerprint density at radius 2 is 1.81 bits per heavy atom. The molecule has 3 heterocycles. The molecular formula is C23H15F3N6O3S. The third kappa shape index (κ3) is 5.10. The molecule has 2 amide bonds. The minimum Gasteiger partial charge on any atom is -0.454 e. The van der Waals surface area contributed by atoms with Crippen LogP contribution in [0, 0.1) is 0 Å². The summed E-state index contributed by atoms with van der Waals surface area (Å²) < 4.78 is 44.0. The molecule has 0 fully saturated rings. The van der Waals surface area contributed by atoms with Gasteiger partial charge in [0.25, 0.3) is 0 Å². The number of imidazole rings is 1. The summed E-state index contributed by atoms with van der Waals surface area (Å²) in [4.78, 5) is 37.8. The number of halogens is 3. The zero-order chi connectivity index (χ0) is 25.3. The molecule has 0 saturated heterocycles. The van der Waals surface area contributed by atoms with Gasteiger partial charge in [-0.25, -0.2) is 14.6 Å². The molecule has 0 spiro atoms. The molecule has 0 atom stereocenters. The van der Waals surface area contributed by atoms with Crippen molar-refractivity contribution in [3.05, 3.63) is 77.5 Å². The first-order chi connectivity index (χ1) is 17.2. The number of carbonyl (C=O) groups excluding carboxylic acids is 1. The number of thioether (sulfide) groups is 1. The molecule has 9 nitrogen and oxygen atoms in total. The number of aromatic nitrogens is 4. The Balaban J connectivity index is 1.39. The molecular weight excluding hydrogens is 497 g/mol. The SMILES string of the molecule is O=C(Nc1cccc(SC(F)(F)F)c1)Nc1ccc(Oc2ccnc3[nH]c(=O)[nH]c23)c2cccnc12. The van der Waals surface area contributed by atoms with Crippen LogP contribution in [0.25, 0.3) is 22.1 Å². The van der Waals surface area contributed by atoms with Crippen LogP contribution in [-0.4, -0.2) is 31.5 Å². The quantitative estimate of drug-likeness (QED) is 0.219. The van der Waals surface area contributed by atoms with Crippen molar-refractivity contribution < 1.29 is 22.7 Å². The number of pyridine rings is 2. The van der Waals surface area contributed by atoms with Gasteiger partial charge < -0.3 is 20.4 Å². The lowest BCUT2D eigenvalue weighted by Crippen LogP contribution is -2.19. The number of anilines is 2. The summed E-state index contributed by atoms with van der Waals surface area (Å²) >= 11 is -0.269. The average Bonchev–Trinajstić information content (AvgIpc) is 3.21. The van der Waals surface area contributed by atoms with E-state index in [1.54, 1.807) is 36.5 Å². The van der Waals surface area contributed by atoms with Crippen LogP contribution in [0.3, 0.4) is 0 Å². The van der Waals surface area contributed by atoms with Crippen molar-refractivity contribution in [1.29, 1.82) is 0 Å². The minimum atomic E-state index is -4.44. The normalized spacial score (nSPS) is 11.5. The van der Waals surface area contributed by atoms with Crippen molar-refractivity contribution in [2.75, 3.05) is 10.6 Å². The molecule has 5 aromatic rings. The number of nitrogens with zero attached hydrogens (tertiary/aromatic N) is 2. The van der Waals surface area contributed by atoms with Crippen LogP contribution in [0.1, 0.15) is 0 Å². The minimum absolute atomic E-state index is 0.0529. The van der Waals surface area contributed by atoms with Gasteiger partial charge in [-0.2, -0.15) is 13.2 Å². The molecule has 0 radical (unpaired) electrons. The van der Waals surface area contributed by atoms with Gasteiger partial charge >= 0.3 is 17.2 Å². The molecule has 0 aliphatic carbocycles. The number of alkyl halides is 3. The van der Waals surface area contributed by atoms with E-state index in [-0.39, 0.29) is 22.3 Å². The molecule has 0 aliphatic rings. The van der Waals surface area contributed by atoms with Crippen molar-refractivity contribution >= 4 is 51.2 Å². The first-order valence-electron chi connectivity index (χ1n) is 10.3. The summed E-state index contributed by atoms with van der Waals surface area (Å²) in [6.07, 6.45) is 3.03. The Bertz CT molecular complexity index is 1650. The van der Waals surface area contributed by atoms with Gasteiger partial charge in [0.05, 0.1) is 11.2 Å². The number of urea groups is 1. The summed E-state index contributed by atoms with van der Waals surface area (Å²) in [6.45, 7) is 0. The fourth-order valence-corrected chi connectivity index (χ4v) is 4.11. The van der Waals surface area contributed by atoms with Crippen LogP contribution >= 0.6 is 11.8 Å².